The lowest BCUT2D eigenvalue weighted by molar-refractivity contribution is 0.112. The van der Waals surface area contributed by atoms with Gasteiger partial charge in [-0.05, 0) is 24.1 Å². The standard InChI is InChI=1S/C18H17N3O2/c1-13-8-9-16-19-17(15(12-22)18(23)21(16)10-13)20(2)11-14-6-4-3-5-7-14/h3-10,12H,11H2,1-2H3. The van der Waals surface area contributed by atoms with Crippen molar-refractivity contribution >= 4 is 17.8 Å². The molecule has 3 rings (SSSR count). The largest absolute Gasteiger partial charge is 0.355 e. The van der Waals surface area contributed by atoms with Crippen LogP contribution >= 0.6 is 0 Å². The van der Waals surface area contributed by atoms with Crippen molar-refractivity contribution in [1.29, 1.82) is 0 Å². The molecule has 0 N–H and O–H groups in total. The van der Waals surface area contributed by atoms with E-state index in [2.05, 4.69) is 4.98 Å². The van der Waals surface area contributed by atoms with Crippen LogP contribution in [0.5, 0.6) is 0 Å². The average molecular weight is 307 g/mol. The van der Waals surface area contributed by atoms with Crippen LogP contribution in [0.3, 0.4) is 0 Å². The zero-order valence-electron chi connectivity index (χ0n) is 13.1. The number of aromatic nitrogens is 2. The van der Waals surface area contributed by atoms with Gasteiger partial charge in [-0.15, -0.1) is 0 Å². The maximum Gasteiger partial charge on any atom is 0.270 e. The van der Waals surface area contributed by atoms with Gasteiger partial charge >= 0.3 is 0 Å². The Hall–Kier alpha value is -2.95. The Kier molecular flexibility index (Phi) is 3.93. The second-order valence-electron chi connectivity index (χ2n) is 5.55. The van der Waals surface area contributed by atoms with Crippen molar-refractivity contribution in [3.05, 3.63) is 75.7 Å². The van der Waals surface area contributed by atoms with E-state index >= 15 is 0 Å². The van der Waals surface area contributed by atoms with Crippen molar-refractivity contribution in [3.8, 4) is 0 Å². The molecule has 2 heterocycles. The summed E-state index contributed by atoms with van der Waals surface area (Å²) in [5, 5.41) is 0. The first-order valence-corrected chi connectivity index (χ1v) is 7.33. The molecule has 0 bridgehead atoms. The molecule has 3 aromatic rings. The predicted octanol–water partition coefficient (Wildman–Crippen LogP) is 2.45. The summed E-state index contributed by atoms with van der Waals surface area (Å²) in [6.45, 7) is 2.46. The van der Waals surface area contributed by atoms with Crippen LogP contribution in [-0.2, 0) is 6.54 Å². The molecule has 23 heavy (non-hydrogen) atoms. The van der Waals surface area contributed by atoms with E-state index in [9.17, 15) is 9.59 Å². The first-order valence-electron chi connectivity index (χ1n) is 7.33. The molecule has 5 heteroatoms. The highest BCUT2D eigenvalue weighted by molar-refractivity contribution is 5.83. The molecule has 0 aliphatic carbocycles. The van der Waals surface area contributed by atoms with Gasteiger partial charge in [0.05, 0.1) is 0 Å². The number of anilines is 1. The van der Waals surface area contributed by atoms with E-state index < -0.39 is 0 Å². The van der Waals surface area contributed by atoms with Gasteiger partial charge in [-0.1, -0.05) is 36.4 Å². The van der Waals surface area contributed by atoms with E-state index in [0.29, 0.717) is 24.3 Å². The molecule has 5 nitrogen and oxygen atoms in total. The van der Waals surface area contributed by atoms with Crippen molar-refractivity contribution in [2.45, 2.75) is 13.5 Å². The highest BCUT2D eigenvalue weighted by Gasteiger charge is 2.16. The van der Waals surface area contributed by atoms with E-state index in [-0.39, 0.29) is 11.1 Å². The predicted molar refractivity (Wildman–Crippen MR) is 90.1 cm³/mol. The molecule has 116 valence electrons. The first kappa shape index (κ1) is 15.0. The maximum atomic E-state index is 12.6. The Morgan fingerprint density at radius 3 is 2.61 bits per heavy atom. The highest BCUT2D eigenvalue weighted by Crippen LogP contribution is 2.16. The monoisotopic (exact) mass is 307 g/mol. The summed E-state index contributed by atoms with van der Waals surface area (Å²) in [4.78, 5) is 30.3. The number of benzene rings is 1. The fourth-order valence-corrected chi connectivity index (χ4v) is 2.57. The number of pyridine rings is 1. The Morgan fingerprint density at radius 2 is 1.91 bits per heavy atom. The van der Waals surface area contributed by atoms with Crippen LogP contribution in [0.2, 0.25) is 0 Å². The van der Waals surface area contributed by atoms with Crippen molar-refractivity contribution in [2.75, 3.05) is 11.9 Å². The number of rotatable bonds is 4. The molecule has 0 amide bonds. The smallest absolute Gasteiger partial charge is 0.270 e. The zero-order chi connectivity index (χ0) is 16.4. The van der Waals surface area contributed by atoms with Gasteiger partial charge in [0, 0.05) is 19.8 Å². The van der Waals surface area contributed by atoms with Crippen molar-refractivity contribution in [3.63, 3.8) is 0 Å². The van der Waals surface area contributed by atoms with E-state index in [4.69, 9.17) is 0 Å². The van der Waals surface area contributed by atoms with Crippen molar-refractivity contribution < 1.29 is 4.79 Å². The molecule has 0 atom stereocenters. The molecule has 0 spiro atoms. The topological polar surface area (TPSA) is 54.7 Å². The molecule has 0 fully saturated rings. The molecule has 2 aromatic heterocycles. The fraction of sp³-hybridized carbons (Fsp3) is 0.167. The average Bonchev–Trinajstić information content (AvgIpc) is 2.56. The van der Waals surface area contributed by atoms with Gasteiger partial charge < -0.3 is 4.90 Å². The van der Waals surface area contributed by atoms with Crippen LogP contribution in [0, 0.1) is 6.92 Å². The van der Waals surface area contributed by atoms with Gasteiger partial charge in [0.1, 0.15) is 17.0 Å². The lowest BCUT2D eigenvalue weighted by Gasteiger charge is -2.20. The van der Waals surface area contributed by atoms with Crippen LogP contribution in [0.25, 0.3) is 5.65 Å². The zero-order valence-corrected chi connectivity index (χ0v) is 13.1. The Balaban J connectivity index is 2.11. The number of carbonyl (C=O) groups excluding carboxylic acids is 1. The summed E-state index contributed by atoms with van der Waals surface area (Å²) < 4.78 is 1.42. The lowest BCUT2D eigenvalue weighted by Crippen LogP contribution is -2.27. The highest BCUT2D eigenvalue weighted by atomic mass is 16.1. The summed E-state index contributed by atoms with van der Waals surface area (Å²) in [6, 6.07) is 13.5. The summed E-state index contributed by atoms with van der Waals surface area (Å²) in [7, 11) is 1.83. The van der Waals surface area contributed by atoms with Crippen LogP contribution in [0.4, 0.5) is 5.82 Å². The third kappa shape index (κ3) is 2.85. The van der Waals surface area contributed by atoms with Crippen LogP contribution in [0.15, 0.2) is 53.5 Å². The van der Waals surface area contributed by atoms with Crippen LogP contribution in [-0.4, -0.2) is 22.7 Å². The molecule has 0 unspecified atom stereocenters. The van der Waals surface area contributed by atoms with Crippen molar-refractivity contribution in [1.82, 2.24) is 9.38 Å². The number of aldehydes is 1. The Morgan fingerprint density at radius 1 is 1.17 bits per heavy atom. The lowest BCUT2D eigenvalue weighted by atomic mass is 10.2. The summed E-state index contributed by atoms with van der Waals surface area (Å²) in [5.74, 6) is 0.401. The minimum Gasteiger partial charge on any atom is -0.355 e. The normalized spacial score (nSPS) is 10.7. The molecule has 0 aliphatic heterocycles. The van der Waals surface area contributed by atoms with E-state index in [1.165, 1.54) is 4.40 Å². The second kappa shape index (κ2) is 6.04. The number of carbonyl (C=O) groups is 1. The Labute approximate surface area is 133 Å². The molecule has 0 radical (unpaired) electrons. The van der Waals surface area contributed by atoms with Gasteiger partial charge in [0.25, 0.3) is 5.56 Å². The number of fused-ring (bicyclic) bond motifs is 1. The van der Waals surface area contributed by atoms with E-state index in [1.54, 1.807) is 12.3 Å². The van der Waals surface area contributed by atoms with Gasteiger partial charge in [-0.3, -0.25) is 14.0 Å². The number of hydrogen-bond acceptors (Lipinski definition) is 4. The molecule has 1 aromatic carbocycles. The second-order valence-corrected chi connectivity index (χ2v) is 5.55. The van der Waals surface area contributed by atoms with Gasteiger partial charge in [0.2, 0.25) is 0 Å². The van der Waals surface area contributed by atoms with E-state index in [0.717, 1.165) is 11.1 Å². The minimum atomic E-state index is -0.344. The third-order valence-electron chi connectivity index (χ3n) is 3.73. The van der Waals surface area contributed by atoms with Crippen LogP contribution < -0.4 is 10.5 Å². The maximum absolute atomic E-state index is 12.6. The SMILES string of the molecule is Cc1ccc2nc(N(C)Cc3ccccc3)c(C=O)c(=O)n2c1. The summed E-state index contributed by atoms with van der Waals surface area (Å²) in [6.07, 6.45) is 2.28. The molecule has 0 aliphatic rings. The van der Waals surface area contributed by atoms with Crippen LogP contribution in [0.1, 0.15) is 21.5 Å². The first-order chi connectivity index (χ1) is 11.1. The molecule has 0 saturated carbocycles. The number of hydrogen-bond donors (Lipinski definition) is 0. The summed E-state index contributed by atoms with van der Waals surface area (Å²) >= 11 is 0. The molecular formula is C18H17N3O2. The number of nitrogens with zero attached hydrogens (tertiary/aromatic N) is 3. The van der Waals surface area contributed by atoms with Gasteiger partial charge in [0.15, 0.2) is 6.29 Å². The fourth-order valence-electron chi connectivity index (χ4n) is 2.57. The molecule has 0 saturated heterocycles. The third-order valence-corrected chi connectivity index (χ3v) is 3.73. The van der Waals surface area contributed by atoms with Gasteiger partial charge in [-0.25, -0.2) is 4.98 Å². The minimum absolute atomic E-state index is 0.0755. The summed E-state index contributed by atoms with van der Waals surface area (Å²) in [5.41, 5.74) is 2.28. The Bertz CT molecular complexity index is 917. The van der Waals surface area contributed by atoms with E-state index in [1.807, 2.05) is 55.3 Å². The quantitative estimate of drug-likeness (QED) is 0.695. The molecular weight excluding hydrogens is 290 g/mol. The van der Waals surface area contributed by atoms with Gasteiger partial charge in [-0.2, -0.15) is 0 Å². The number of aryl methyl sites for hydroxylation is 1. The van der Waals surface area contributed by atoms with Crippen molar-refractivity contribution in [2.24, 2.45) is 0 Å².